The van der Waals surface area contributed by atoms with Crippen molar-refractivity contribution in [3.05, 3.63) is 64.8 Å². The fourth-order valence-corrected chi connectivity index (χ4v) is 3.48. The predicted octanol–water partition coefficient (Wildman–Crippen LogP) is 3.81. The van der Waals surface area contributed by atoms with Crippen LogP contribution in [0.3, 0.4) is 0 Å². The number of benzene rings is 2. The summed E-state index contributed by atoms with van der Waals surface area (Å²) in [7, 11) is 0. The first kappa shape index (κ1) is 25.2. The number of rotatable bonds is 10. The fourth-order valence-electron chi connectivity index (χ4n) is 3.48. The molecule has 3 rings (SSSR count). The van der Waals surface area contributed by atoms with Crippen molar-refractivity contribution < 1.29 is 9.53 Å². The van der Waals surface area contributed by atoms with Crippen LogP contribution in [0.4, 0.5) is 17.3 Å². The van der Waals surface area contributed by atoms with Gasteiger partial charge in [0, 0.05) is 24.0 Å². The maximum absolute atomic E-state index is 11.2. The molecule has 4 N–H and O–H groups in total. The molecule has 0 saturated heterocycles. The SMILES string of the molecule is CCc1cc(-c2ccnc(Nc3cc(C#N)ccc3C)n2)cc(C#N)c1NCCCOC(=O)CN. The van der Waals surface area contributed by atoms with E-state index < -0.39 is 5.97 Å². The first-order valence-electron chi connectivity index (χ1n) is 11.3. The average Bonchev–Trinajstić information content (AvgIpc) is 2.89. The maximum atomic E-state index is 11.2. The number of nitrogens with one attached hydrogen (secondary N) is 2. The largest absolute Gasteiger partial charge is 0.465 e. The van der Waals surface area contributed by atoms with Gasteiger partial charge in [-0.05, 0) is 61.2 Å². The van der Waals surface area contributed by atoms with Gasteiger partial charge in [-0.2, -0.15) is 10.5 Å². The molecule has 3 aromatic rings. The summed E-state index contributed by atoms with van der Waals surface area (Å²) in [5.74, 6) is -0.0422. The van der Waals surface area contributed by atoms with Gasteiger partial charge in [-0.1, -0.05) is 13.0 Å². The smallest absolute Gasteiger partial charge is 0.319 e. The summed E-state index contributed by atoms with van der Waals surface area (Å²) in [4.78, 5) is 20.1. The van der Waals surface area contributed by atoms with Gasteiger partial charge in [0.15, 0.2) is 0 Å². The minimum Gasteiger partial charge on any atom is -0.465 e. The summed E-state index contributed by atoms with van der Waals surface area (Å²) >= 11 is 0. The number of nitriles is 2. The maximum Gasteiger partial charge on any atom is 0.319 e. The molecule has 0 spiro atoms. The fraction of sp³-hybridized carbons (Fsp3) is 0.269. The summed E-state index contributed by atoms with van der Waals surface area (Å²) in [6.45, 7) is 4.62. The number of esters is 1. The number of hydrogen-bond acceptors (Lipinski definition) is 9. The second-order valence-electron chi connectivity index (χ2n) is 7.76. The van der Waals surface area contributed by atoms with Crippen LogP contribution < -0.4 is 16.4 Å². The van der Waals surface area contributed by atoms with E-state index in [2.05, 4.69) is 32.7 Å². The molecule has 0 bridgehead atoms. The molecule has 0 fully saturated rings. The predicted molar refractivity (Wildman–Crippen MR) is 134 cm³/mol. The van der Waals surface area contributed by atoms with Crippen molar-refractivity contribution in [3.63, 3.8) is 0 Å². The summed E-state index contributed by atoms with van der Waals surface area (Å²) in [5, 5.41) is 25.5. The zero-order valence-electron chi connectivity index (χ0n) is 19.8. The van der Waals surface area contributed by atoms with Gasteiger partial charge >= 0.3 is 5.97 Å². The molecule has 2 aromatic carbocycles. The number of carbonyl (C=O) groups excluding carboxylic acids is 1. The third-order valence-corrected chi connectivity index (χ3v) is 5.34. The van der Waals surface area contributed by atoms with Gasteiger partial charge in [0.1, 0.15) is 6.07 Å². The van der Waals surface area contributed by atoms with Crippen molar-refractivity contribution in [1.82, 2.24) is 9.97 Å². The summed E-state index contributed by atoms with van der Waals surface area (Å²) in [6.07, 6.45) is 2.96. The van der Waals surface area contributed by atoms with E-state index in [1.165, 1.54) is 0 Å². The number of anilines is 3. The van der Waals surface area contributed by atoms with Crippen molar-refractivity contribution in [1.29, 1.82) is 10.5 Å². The van der Waals surface area contributed by atoms with Gasteiger partial charge < -0.3 is 21.1 Å². The van der Waals surface area contributed by atoms with Crippen molar-refractivity contribution in [3.8, 4) is 23.4 Å². The lowest BCUT2D eigenvalue weighted by Gasteiger charge is -2.15. The van der Waals surface area contributed by atoms with Gasteiger partial charge in [-0.3, -0.25) is 4.79 Å². The summed E-state index contributed by atoms with van der Waals surface area (Å²) in [5.41, 5.74) is 11.2. The van der Waals surface area contributed by atoms with Crippen LogP contribution in [-0.2, 0) is 16.0 Å². The van der Waals surface area contributed by atoms with E-state index in [0.717, 1.165) is 28.1 Å². The Morgan fingerprint density at radius 1 is 1.17 bits per heavy atom. The van der Waals surface area contributed by atoms with E-state index >= 15 is 0 Å². The minimum atomic E-state index is -0.437. The number of nitrogens with zero attached hydrogens (tertiary/aromatic N) is 4. The highest BCUT2D eigenvalue weighted by Gasteiger charge is 2.13. The zero-order chi connectivity index (χ0) is 25.2. The second kappa shape index (κ2) is 12.1. The normalized spacial score (nSPS) is 10.2. The molecule has 0 amide bonds. The van der Waals surface area contributed by atoms with Crippen LogP contribution >= 0.6 is 0 Å². The van der Waals surface area contributed by atoms with Gasteiger partial charge in [0.05, 0.1) is 41.7 Å². The molecule has 35 heavy (non-hydrogen) atoms. The van der Waals surface area contributed by atoms with Crippen LogP contribution in [0.15, 0.2) is 42.6 Å². The molecular formula is C26H27N7O2. The van der Waals surface area contributed by atoms with Crippen LogP contribution in [0, 0.1) is 29.6 Å². The number of nitrogens with two attached hydrogens (primary N) is 1. The lowest BCUT2D eigenvalue weighted by molar-refractivity contribution is -0.141. The van der Waals surface area contributed by atoms with Gasteiger partial charge in [-0.15, -0.1) is 0 Å². The Labute approximate surface area is 204 Å². The Bertz CT molecular complexity index is 1290. The molecule has 1 heterocycles. The Hall–Kier alpha value is -4.47. The van der Waals surface area contributed by atoms with Crippen LogP contribution in [0.25, 0.3) is 11.3 Å². The number of aryl methyl sites for hydroxylation is 2. The van der Waals surface area contributed by atoms with E-state index in [1.54, 1.807) is 30.5 Å². The molecule has 0 saturated carbocycles. The molecule has 9 nitrogen and oxygen atoms in total. The summed E-state index contributed by atoms with van der Waals surface area (Å²) < 4.78 is 4.99. The van der Waals surface area contributed by atoms with Crippen molar-refractivity contribution in [2.75, 3.05) is 30.3 Å². The molecule has 0 aliphatic carbocycles. The summed E-state index contributed by atoms with van der Waals surface area (Å²) in [6, 6.07) is 15.4. The van der Waals surface area contributed by atoms with Crippen molar-refractivity contribution >= 4 is 23.3 Å². The van der Waals surface area contributed by atoms with E-state index in [0.29, 0.717) is 42.2 Å². The third-order valence-electron chi connectivity index (χ3n) is 5.34. The van der Waals surface area contributed by atoms with Crippen LogP contribution in [0.1, 0.15) is 35.6 Å². The molecule has 0 atom stereocenters. The number of ether oxygens (including phenoxy) is 1. The van der Waals surface area contributed by atoms with Crippen LogP contribution in [-0.4, -0.2) is 35.6 Å². The first-order valence-corrected chi connectivity index (χ1v) is 11.3. The molecule has 0 aliphatic rings. The van der Waals surface area contributed by atoms with E-state index in [9.17, 15) is 15.3 Å². The topological polar surface area (TPSA) is 150 Å². The van der Waals surface area contributed by atoms with E-state index in [-0.39, 0.29) is 13.2 Å². The monoisotopic (exact) mass is 469 g/mol. The van der Waals surface area contributed by atoms with Crippen LogP contribution in [0.2, 0.25) is 0 Å². The molecule has 0 unspecified atom stereocenters. The first-order chi connectivity index (χ1) is 17.0. The highest BCUT2D eigenvalue weighted by Crippen LogP contribution is 2.29. The molecule has 9 heteroatoms. The van der Waals surface area contributed by atoms with Crippen LogP contribution in [0.5, 0.6) is 0 Å². The van der Waals surface area contributed by atoms with Crippen molar-refractivity contribution in [2.45, 2.75) is 26.7 Å². The van der Waals surface area contributed by atoms with Crippen molar-refractivity contribution in [2.24, 2.45) is 5.73 Å². The minimum absolute atomic E-state index is 0.139. The highest BCUT2D eigenvalue weighted by atomic mass is 16.5. The standard InChI is InChI=1S/C26H27N7O2/c1-3-19-12-20(13-21(15-28)25(19)30-8-4-10-35-24(34)16-29)22-7-9-31-26(32-22)33-23-11-18(14-27)6-5-17(23)2/h5-7,9,11-13,30H,3-4,8,10,16,29H2,1-2H3,(H,31,32,33). The van der Waals surface area contributed by atoms with Gasteiger partial charge in [-0.25, -0.2) is 9.97 Å². The van der Waals surface area contributed by atoms with E-state index in [1.807, 2.05) is 26.0 Å². The quantitative estimate of drug-likeness (QED) is 0.297. The Kier molecular flexibility index (Phi) is 8.71. The number of carbonyl (C=O) groups is 1. The Morgan fingerprint density at radius 2 is 2.00 bits per heavy atom. The number of hydrogen-bond donors (Lipinski definition) is 3. The number of aromatic nitrogens is 2. The second-order valence-corrected chi connectivity index (χ2v) is 7.76. The lowest BCUT2D eigenvalue weighted by Crippen LogP contribution is -2.18. The zero-order valence-corrected chi connectivity index (χ0v) is 19.8. The third kappa shape index (κ3) is 6.53. The lowest BCUT2D eigenvalue weighted by atomic mass is 9.99. The van der Waals surface area contributed by atoms with E-state index in [4.69, 9.17) is 10.5 Å². The molecule has 178 valence electrons. The molecule has 0 radical (unpaired) electrons. The molecule has 0 aliphatic heterocycles. The van der Waals surface area contributed by atoms with Gasteiger partial charge in [0.2, 0.25) is 5.95 Å². The molecular weight excluding hydrogens is 442 g/mol. The Morgan fingerprint density at radius 3 is 2.71 bits per heavy atom. The molecule has 1 aromatic heterocycles. The Balaban J connectivity index is 1.82. The highest BCUT2D eigenvalue weighted by molar-refractivity contribution is 5.73. The van der Waals surface area contributed by atoms with Gasteiger partial charge in [0.25, 0.3) is 0 Å². The average molecular weight is 470 g/mol.